The molecule has 0 aliphatic heterocycles. The Kier molecular flexibility index (Phi) is 7.29. The van der Waals surface area contributed by atoms with E-state index < -0.39 is 0 Å². The minimum absolute atomic E-state index is 0.103. The average Bonchev–Trinajstić information content (AvgIpc) is 2.61. The Morgan fingerprint density at radius 3 is 2.22 bits per heavy atom. The molecule has 2 rings (SSSR count). The van der Waals surface area contributed by atoms with Crippen LogP contribution < -0.4 is 10.9 Å². The second-order valence-corrected chi connectivity index (χ2v) is 4.34. The molecular formula is C17H21N3O3. The Morgan fingerprint density at radius 2 is 1.65 bits per heavy atom. The number of phenols is 1. The number of hydrogen-bond donors (Lipinski definition) is 4. The molecule has 2 aromatic carbocycles. The molecule has 0 aromatic heterocycles. The maximum Gasteiger partial charge on any atom is 0.271 e. The summed E-state index contributed by atoms with van der Waals surface area (Å²) in [5.74, 6) is -0.277. The number of anilines is 1. The van der Waals surface area contributed by atoms with E-state index in [1.165, 1.54) is 0 Å². The lowest BCUT2D eigenvalue weighted by atomic mass is 10.1. The van der Waals surface area contributed by atoms with Gasteiger partial charge in [0.05, 0.1) is 11.4 Å². The van der Waals surface area contributed by atoms with Gasteiger partial charge in [0, 0.05) is 11.1 Å². The predicted molar refractivity (Wildman–Crippen MR) is 91.0 cm³/mol. The zero-order valence-electron chi connectivity index (χ0n) is 13.4. The number of rotatable bonds is 4. The van der Waals surface area contributed by atoms with E-state index in [2.05, 4.69) is 10.5 Å². The summed E-state index contributed by atoms with van der Waals surface area (Å²) < 4.78 is 0. The summed E-state index contributed by atoms with van der Waals surface area (Å²) in [6.07, 6.45) is 0. The Balaban J connectivity index is 0.00000127. The number of nitrogens with one attached hydrogen (secondary N) is 2. The van der Waals surface area contributed by atoms with Gasteiger partial charge in [0.15, 0.2) is 0 Å². The van der Waals surface area contributed by atoms with E-state index in [0.29, 0.717) is 22.5 Å². The van der Waals surface area contributed by atoms with Gasteiger partial charge in [-0.05, 0) is 43.3 Å². The second-order valence-electron chi connectivity index (χ2n) is 4.34. The van der Waals surface area contributed by atoms with Crippen molar-refractivity contribution in [1.82, 2.24) is 5.43 Å². The molecule has 0 bridgehead atoms. The van der Waals surface area contributed by atoms with Crippen molar-refractivity contribution in [1.29, 1.82) is 0 Å². The highest BCUT2D eigenvalue weighted by molar-refractivity contribution is 6.02. The van der Waals surface area contributed by atoms with E-state index in [4.69, 9.17) is 5.21 Å². The third-order valence-electron chi connectivity index (χ3n) is 2.90. The van der Waals surface area contributed by atoms with Gasteiger partial charge in [-0.1, -0.05) is 26.0 Å². The van der Waals surface area contributed by atoms with Gasteiger partial charge in [0.1, 0.15) is 5.75 Å². The molecular weight excluding hydrogens is 294 g/mol. The van der Waals surface area contributed by atoms with E-state index in [1.807, 2.05) is 19.3 Å². The lowest BCUT2D eigenvalue weighted by Gasteiger charge is -2.05. The minimum atomic E-state index is -0.380. The molecule has 0 fully saturated rings. The predicted octanol–water partition coefficient (Wildman–Crippen LogP) is 3.37. The molecule has 0 radical (unpaired) electrons. The standard InChI is InChI=1S/C15H15N3O3.C2H6/c1-10(13-4-2-3-5-14(13)19)16-17-15(20)11-6-8-12(18-21)9-7-11;1-2/h2-9,18-19,21H,1H3,(H,17,20);1-2H3/b16-10+;. The number of nitrogens with zero attached hydrogens (tertiary/aromatic N) is 1. The van der Waals surface area contributed by atoms with Crippen LogP contribution in [0.3, 0.4) is 0 Å². The monoisotopic (exact) mass is 315 g/mol. The molecule has 0 saturated carbocycles. The molecule has 1 amide bonds. The van der Waals surface area contributed by atoms with Gasteiger partial charge in [0.2, 0.25) is 0 Å². The number of hydrogen-bond acceptors (Lipinski definition) is 5. The molecule has 6 nitrogen and oxygen atoms in total. The van der Waals surface area contributed by atoms with Gasteiger partial charge in [0.25, 0.3) is 5.91 Å². The highest BCUT2D eigenvalue weighted by Crippen LogP contribution is 2.16. The fraction of sp³-hybridized carbons (Fsp3) is 0.176. The first kappa shape index (κ1) is 18.2. The number of benzene rings is 2. The molecule has 0 aliphatic carbocycles. The number of amides is 1. The maximum atomic E-state index is 11.9. The van der Waals surface area contributed by atoms with Crippen molar-refractivity contribution in [2.75, 3.05) is 5.48 Å². The first-order chi connectivity index (χ1) is 11.1. The van der Waals surface area contributed by atoms with Crippen molar-refractivity contribution in [3.05, 3.63) is 59.7 Å². The van der Waals surface area contributed by atoms with Crippen molar-refractivity contribution in [2.45, 2.75) is 20.8 Å². The summed E-state index contributed by atoms with van der Waals surface area (Å²) in [6, 6.07) is 13.0. The SMILES string of the molecule is C/C(=N\NC(=O)c1ccc(NO)cc1)c1ccccc1O.CC. The first-order valence-corrected chi connectivity index (χ1v) is 7.25. The quantitative estimate of drug-likeness (QED) is 0.514. The van der Waals surface area contributed by atoms with Gasteiger partial charge in [-0.25, -0.2) is 5.43 Å². The van der Waals surface area contributed by atoms with E-state index in [-0.39, 0.29) is 11.7 Å². The zero-order valence-corrected chi connectivity index (χ0v) is 13.4. The molecule has 0 spiro atoms. The summed E-state index contributed by atoms with van der Waals surface area (Å²) >= 11 is 0. The van der Waals surface area contributed by atoms with Crippen molar-refractivity contribution >= 4 is 17.3 Å². The highest BCUT2D eigenvalue weighted by Gasteiger charge is 2.06. The minimum Gasteiger partial charge on any atom is -0.507 e. The fourth-order valence-corrected chi connectivity index (χ4v) is 1.74. The Labute approximate surface area is 135 Å². The van der Waals surface area contributed by atoms with E-state index in [0.717, 1.165) is 0 Å². The van der Waals surface area contributed by atoms with Crippen molar-refractivity contribution in [3.8, 4) is 5.75 Å². The van der Waals surface area contributed by atoms with Crippen LogP contribution in [-0.4, -0.2) is 21.9 Å². The van der Waals surface area contributed by atoms with Crippen LogP contribution in [0.15, 0.2) is 53.6 Å². The summed E-state index contributed by atoms with van der Waals surface area (Å²) in [4.78, 5) is 11.9. The van der Waals surface area contributed by atoms with Crippen LogP contribution in [0.4, 0.5) is 5.69 Å². The van der Waals surface area contributed by atoms with Crippen LogP contribution in [0.1, 0.15) is 36.7 Å². The lowest BCUT2D eigenvalue weighted by Crippen LogP contribution is -2.19. The molecule has 0 unspecified atom stereocenters. The third-order valence-corrected chi connectivity index (χ3v) is 2.90. The zero-order chi connectivity index (χ0) is 17.2. The lowest BCUT2D eigenvalue weighted by molar-refractivity contribution is 0.0955. The van der Waals surface area contributed by atoms with E-state index in [9.17, 15) is 9.90 Å². The van der Waals surface area contributed by atoms with Crippen LogP contribution in [0.5, 0.6) is 5.75 Å². The number of carbonyl (C=O) groups excluding carboxylic acids is 1. The second kappa shape index (κ2) is 9.22. The largest absolute Gasteiger partial charge is 0.507 e. The van der Waals surface area contributed by atoms with E-state index >= 15 is 0 Å². The smallest absolute Gasteiger partial charge is 0.271 e. The summed E-state index contributed by atoms with van der Waals surface area (Å²) in [6.45, 7) is 5.69. The van der Waals surface area contributed by atoms with Gasteiger partial charge >= 0.3 is 0 Å². The molecule has 0 saturated heterocycles. The van der Waals surface area contributed by atoms with Crippen molar-refractivity contribution in [3.63, 3.8) is 0 Å². The number of carbonyl (C=O) groups is 1. The Morgan fingerprint density at radius 1 is 1.04 bits per heavy atom. The van der Waals surface area contributed by atoms with Crippen LogP contribution in [0, 0.1) is 0 Å². The molecule has 122 valence electrons. The van der Waals surface area contributed by atoms with Crippen LogP contribution in [-0.2, 0) is 0 Å². The van der Waals surface area contributed by atoms with Crippen LogP contribution in [0.25, 0.3) is 0 Å². The topological polar surface area (TPSA) is 94.0 Å². The summed E-state index contributed by atoms with van der Waals surface area (Å²) in [7, 11) is 0. The molecule has 4 N–H and O–H groups in total. The van der Waals surface area contributed by atoms with Gasteiger partial charge in [-0.2, -0.15) is 5.10 Å². The molecule has 2 aromatic rings. The molecule has 23 heavy (non-hydrogen) atoms. The van der Waals surface area contributed by atoms with Gasteiger partial charge in [-0.15, -0.1) is 0 Å². The van der Waals surface area contributed by atoms with E-state index in [1.54, 1.807) is 55.5 Å². The fourth-order valence-electron chi connectivity index (χ4n) is 1.74. The van der Waals surface area contributed by atoms with Gasteiger partial charge in [-0.3, -0.25) is 15.5 Å². The van der Waals surface area contributed by atoms with Gasteiger partial charge < -0.3 is 5.11 Å². The summed E-state index contributed by atoms with van der Waals surface area (Å²) in [5.41, 5.74) is 6.34. The number of hydrazone groups is 1. The summed E-state index contributed by atoms with van der Waals surface area (Å²) in [5, 5.41) is 22.4. The first-order valence-electron chi connectivity index (χ1n) is 7.25. The molecule has 6 heteroatoms. The van der Waals surface area contributed by atoms with Crippen LogP contribution >= 0.6 is 0 Å². The highest BCUT2D eigenvalue weighted by atomic mass is 16.5. The number of phenolic OH excluding ortho intramolecular Hbond substituents is 1. The normalized spacial score (nSPS) is 10.3. The number of para-hydroxylation sites is 1. The molecule has 0 atom stereocenters. The van der Waals surface area contributed by atoms with Crippen LogP contribution in [0.2, 0.25) is 0 Å². The van der Waals surface area contributed by atoms with Crippen molar-refractivity contribution in [2.24, 2.45) is 5.10 Å². The Hall–Kier alpha value is -2.86. The third kappa shape index (κ3) is 5.12. The Bertz CT molecular complexity index is 667. The number of aromatic hydroxyl groups is 1. The molecule has 0 aliphatic rings. The van der Waals surface area contributed by atoms with Crippen molar-refractivity contribution < 1.29 is 15.1 Å². The maximum absolute atomic E-state index is 11.9. The molecule has 0 heterocycles. The average molecular weight is 315 g/mol.